The van der Waals surface area contributed by atoms with E-state index in [4.69, 9.17) is 16.3 Å². The van der Waals surface area contributed by atoms with E-state index in [1.54, 1.807) is 32.0 Å². The summed E-state index contributed by atoms with van der Waals surface area (Å²) < 4.78 is 5.99. The third kappa shape index (κ3) is 2.96. The van der Waals surface area contributed by atoms with Crippen LogP contribution >= 0.6 is 11.6 Å². The van der Waals surface area contributed by atoms with Crippen LogP contribution in [0.2, 0.25) is 5.02 Å². The number of rotatable bonds is 4. The number of aryl methyl sites for hydroxylation is 1. The summed E-state index contributed by atoms with van der Waals surface area (Å²) in [5.41, 5.74) is 0.215. The average molecular weight is 363 g/mol. The number of carbonyl (C=O) groups excluding carboxylic acids is 2. The van der Waals surface area contributed by atoms with E-state index < -0.39 is 11.9 Å². The van der Waals surface area contributed by atoms with Gasteiger partial charge in [-0.15, -0.1) is 0 Å². The molecule has 1 amide bonds. The van der Waals surface area contributed by atoms with Gasteiger partial charge in [-0.2, -0.15) is 5.10 Å². The standard InChI is InChI=1S/C16H15ClN4O4/c1-3-25-11(22)7-18-16(24)13-14(23)9-5-4-6-10(17)12(9)15-19-8(2)20-21(13)15/h4-6,23H,3,7H2,1-2H3,(H,18,24). The van der Waals surface area contributed by atoms with Crippen molar-refractivity contribution in [2.75, 3.05) is 13.2 Å². The zero-order chi connectivity index (χ0) is 18.1. The van der Waals surface area contributed by atoms with Crippen LogP contribution in [0.5, 0.6) is 5.75 Å². The van der Waals surface area contributed by atoms with Gasteiger partial charge in [0.1, 0.15) is 12.4 Å². The Kier molecular flexibility index (Phi) is 4.45. The van der Waals surface area contributed by atoms with E-state index in [-0.39, 0.29) is 24.6 Å². The third-order valence-corrected chi connectivity index (χ3v) is 3.87. The zero-order valence-corrected chi connectivity index (χ0v) is 14.3. The van der Waals surface area contributed by atoms with Crippen LogP contribution in [0.15, 0.2) is 18.2 Å². The first-order chi connectivity index (χ1) is 11.9. The molecule has 0 spiro atoms. The Labute approximate surface area is 147 Å². The predicted octanol–water partition coefficient (Wildman–Crippen LogP) is 1.84. The molecular formula is C16H15ClN4O4. The number of pyridine rings is 1. The maximum absolute atomic E-state index is 12.5. The molecule has 0 saturated carbocycles. The minimum Gasteiger partial charge on any atom is -0.505 e. The normalized spacial score (nSPS) is 11.0. The van der Waals surface area contributed by atoms with Crippen molar-refractivity contribution in [3.8, 4) is 5.75 Å². The van der Waals surface area contributed by atoms with Crippen LogP contribution in [0.1, 0.15) is 23.2 Å². The lowest BCUT2D eigenvalue weighted by atomic mass is 10.1. The van der Waals surface area contributed by atoms with Gasteiger partial charge in [0.05, 0.1) is 11.6 Å². The molecule has 8 nitrogen and oxygen atoms in total. The van der Waals surface area contributed by atoms with Gasteiger partial charge in [-0.3, -0.25) is 9.59 Å². The first-order valence-corrected chi connectivity index (χ1v) is 7.92. The molecule has 0 atom stereocenters. The highest BCUT2D eigenvalue weighted by Gasteiger charge is 2.23. The Morgan fingerprint density at radius 3 is 2.88 bits per heavy atom. The molecule has 0 unspecified atom stereocenters. The van der Waals surface area contributed by atoms with Gasteiger partial charge in [0.15, 0.2) is 17.1 Å². The van der Waals surface area contributed by atoms with Gasteiger partial charge < -0.3 is 15.2 Å². The van der Waals surface area contributed by atoms with E-state index >= 15 is 0 Å². The van der Waals surface area contributed by atoms with Crippen LogP contribution in [-0.2, 0) is 9.53 Å². The summed E-state index contributed by atoms with van der Waals surface area (Å²) in [5, 5.41) is 18.4. The lowest BCUT2D eigenvalue weighted by Gasteiger charge is -2.11. The fourth-order valence-electron chi connectivity index (χ4n) is 2.56. The number of hydrogen-bond acceptors (Lipinski definition) is 6. The topological polar surface area (TPSA) is 106 Å². The van der Waals surface area contributed by atoms with Crippen LogP contribution in [-0.4, -0.2) is 44.7 Å². The predicted molar refractivity (Wildman–Crippen MR) is 90.9 cm³/mol. The van der Waals surface area contributed by atoms with E-state index in [0.717, 1.165) is 0 Å². The highest BCUT2D eigenvalue weighted by Crippen LogP contribution is 2.35. The second-order valence-corrected chi connectivity index (χ2v) is 5.65. The molecule has 0 radical (unpaired) electrons. The average Bonchev–Trinajstić information content (AvgIpc) is 2.94. The lowest BCUT2D eigenvalue weighted by Crippen LogP contribution is -2.32. The molecule has 2 heterocycles. The third-order valence-electron chi connectivity index (χ3n) is 3.56. The Hall–Kier alpha value is -2.87. The number of esters is 1. The molecular weight excluding hydrogens is 348 g/mol. The molecule has 130 valence electrons. The highest BCUT2D eigenvalue weighted by molar-refractivity contribution is 6.37. The molecule has 0 aliphatic carbocycles. The summed E-state index contributed by atoms with van der Waals surface area (Å²) in [4.78, 5) is 28.3. The maximum Gasteiger partial charge on any atom is 0.325 e. The number of nitrogens with one attached hydrogen (secondary N) is 1. The molecule has 1 aromatic carbocycles. The lowest BCUT2D eigenvalue weighted by molar-refractivity contribution is -0.141. The summed E-state index contributed by atoms with van der Waals surface area (Å²) in [6.07, 6.45) is 0. The molecule has 0 aliphatic rings. The first-order valence-electron chi connectivity index (χ1n) is 7.54. The molecule has 9 heteroatoms. The van der Waals surface area contributed by atoms with Gasteiger partial charge in [-0.25, -0.2) is 9.50 Å². The smallest absolute Gasteiger partial charge is 0.325 e. The van der Waals surface area contributed by atoms with E-state index in [1.165, 1.54) is 4.52 Å². The SMILES string of the molecule is CCOC(=O)CNC(=O)c1c(O)c2cccc(Cl)c2c2nc(C)nn12. The number of aromatic nitrogens is 3. The number of halogens is 1. The van der Waals surface area contributed by atoms with Crippen LogP contribution < -0.4 is 5.32 Å². The van der Waals surface area contributed by atoms with Gasteiger partial charge in [0.2, 0.25) is 0 Å². The molecule has 0 saturated heterocycles. The van der Waals surface area contributed by atoms with E-state index in [2.05, 4.69) is 15.4 Å². The van der Waals surface area contributed by atoms with Crippen molar-refractivity contribution >= 4 is 39.9 Å². The van der Waals surface area contributed by atoms with Crippen molar-refractivity contribution in [2.24, 2.45) is 0 Å². The van der Waals surface area contributed by atoms with Gasteiger partial charge in [0.25, 0.3) is 5.91 Å². The largest absolute Gasteiger partial charge is 0.505 e. The number of amides is 1. The highest BCUT2D eigenvalue weighted by atomic mass is 35.5. The minimum absolute atomic E-state index is 0.130. The van der Waals surface area contributed by atoms with Crippen molar-refractivity contribution in [3.05, 3.63) is 34.7 Å². The molecule has 0 fully saturated rings. The number of aromatic hydroxyl groups is 1. The van der Waals surface area contributed by atoms with Crippen LogP contribution in [0, 0.1) is 6.92 Å². The van der Waals surface area contributed by atoms with Gasteiger partial charge in [0, 0.05) is 10.8 Å². The summed E-state index contributed by atoms with van der Waals surface area (Å²) in [6.45, 7) is 3.21. The Morgan fingerprint density at radius 1 is 1.40 bits per heavy atom. The van der Waals surface area contributed by atoms with Crippen molar-refractivity contribution in [3.63, 3.8) is 0 Å². The monoisotopic (exact) mass is 362 g/mol. The summed E-state index contributed by atoms with van der Waals surface area (Å²) in [5.74, 6) is -1.14. The van der Waals surface area contributed by atoms with Crippen LogP contribution in [0.4, 0.5) is 0 Å². The minimum atomic E-state index is -0.678. The number of benzene rings is 1. The number of ether oxygens (including phenoxy) is 1. The second kappa shape index (κ2) is 6.56. The van der Waals surface area contributed by atoms with Crippen LogP contribution in [0.25, 0.3) is 16.4 Å². The first kappa shape index (κ1) is 17.0. The second-order valence-electron chi connectivity index (χ2n) is 5.24. The number of hydrogen-bond donors (Lipinski definition) is 2. The number of carbonyl (C=O) groups is 2. The Morgan fingerprint density at radius 2 is 2.16 bits per heavy atom. The molecule has 2 N–H and O–H groups in total. The van der Waals surface area contributed by atoms with E-state index in [0.29, 0.717) is 27.3 Å². The molecule has 0 aliphatic heterocycles. The van der Waals surface area contributed by atoms with Gasteiger partial charge >= 0.3 is 5.97 Å². The van der Waals surface area contributed by atoms with E-state index in [9.17, 15) is 14.7 Å². The number of fused-ring (bicyclic) bond motifs is 3. The van der Waals surface area contributed by atoms with Gasteiger partial charge in [-0.1, -0.05) is 23.7 Å². The Balaban J connectivity index is 2.15. The maximum atomic E-state index is 12.5. The van der Waals surface area contributed by atoms with Crippen molar-refractivity contribution < 1.29 is 19.4 Å². The summed E-state index contributed by atoms with van der Waals surface area (Å²) in [7, 11) is 0. The molecule has 3 aromatic rings. The van der Waals surface area contributed by atoms with Crippen molar-refractivity contribution in [1.82, 2.24) is 19.9 Å². The molecule has 25 heavy (non-hydrogen) atoms. The quantitative estimate of drug-likeness (QED) is 0.686. The van der Waals surface area contributed by atoms with Crippen molar-refractivity contribution in [1.29, 1.82) is 0 Å². The number of nitrogens with zero attached hydrogens (tertiary/aromatic N) is 3. The fourth-order valence-corrected chi connectivity index (χ4v) is 2.82. The summed E-state index contributed by atoms with van der Waals surface area (Å²) >= 11 is 6.23. The molecule has 2 aromatic heterocycles. The van der Waals surface area contributed by atoms with Crippen LogP contribution in [0.3, 0.4) is 0 Å². The van der Waals surface area contributed by atoms with E-state index in [1.807, 2.05) is 0 Å². The van der Waals surface area contributed by atoms with Gasteiger partial charge in [-0.05, 0) is 19.9 Å². The fraction of sp³-hybridized carbons (Fsp3) is 0.250. The zero-order valence-electron chi connectivity index (χ0n) is 13.5. The summed E-state index contributed by atoms with van der Waals surface area (Å²) in [6, 6.07) is 4.95. The molecule has 3 rings (SSSR count). The Bertz CT molecular complexity index is 999. The van der Waals surface area contributed by atoms with Crippen molar-refractivity contribution in [2.45, 2.75) is 13.8 Å². The molecule has 0 bridgehead atoms.